The minimum Gasteiger partial charge on any atom is -0.278 e. The van der Waals surface area contributed by atoms with Crippen molar-refractivity contribution in [3.8, 4) is 50.2 Å². The van der Waals surface area contributed by atoms with Crippen LogP contribution < -0.4 is 0 Å². The quantitative estimate of drug-likeness (QED) is 0.208. The topological polar surface area (TPSA) is 22.2 Å². The van der Waals surface area contributed by atoms with E-state index in [0.717, 1.165) is 39.1 Å². The fourth-order valence-corrected chi connectivity index (χ4v) is 7.25. The average molecular weight is 567 g/mol. The molecule has 3 nitrogen and oxygen atoms in total. The van der Waals surface area contributed by atoms with Gasteiger partial charge in [-0.1, -0.05) is 117 Å². The summed E-state index contributed by atoms with van der Waals surface area (Å²) >= 11 is 0. The summed E-state index contributed by atoms with van der Waals surface area (Å²) in [7, 11) is 0. The van der Waals surface area contributed by atoms with Crippen LogP contribution in [0.4, 0.5) is 0 Å². The van der Waals surface area contributed by atoms with Crippen LogP contribution in [-0.4, -0.2) is 14.0 Å². The van der Waals surface area contributed by atoms with E-state index < -0.39 is 5.89 Å². The summed E-state index contributed by atoms with van der Waals surface area (Å²) in [5, 5.41) is 0. The molecule has 0 amide bonds. The number of para-hydroxylation sites is 3. The first-order chi connectivity index (χ1) is 22.0. The second-order valence-electron chi connectivity index (χ2n) is 12.1. The number of hydrogen-bond acceptors (Lipinski definition) is 1. The van der Waals surface area contributed by atoms with E-state index in [4.69, 9.17) is 6.35 Å². The Hall–Kier alpha value is -5.41. The summed E-state index contributed by atoms with van der Waals surface area (Å²) in [5.41, 5.74) is 16.3. The number of imidazole rings is 2. The molecule has 0 fully saturated rings. The minimum absolute atomic E-state index is 0.585. The first-order valence-corrected chi connectivity index (χ1v) is 15.3. The molecule has 0 bridgehead atoms. The van der Waals surface area contributed by atoms with Crippen molar-refractivity contribution in [2.75, 3.05) is 0 Å². The molecule has 2 aromatic heterocycles. The molecule has 3 heteroatoms. The molecule has 1 aliphatic carbocycles. The van der Waals surface area contributed by atoms with E-state index in [0.29, 0.717) is 6.42 Å². The van der Waals surface area contributed by atoms with Crippen molar-refractivity contribution in [2.24, 2.45) is 5.89 Å². The van der Waals surface area contributed by atoms with Crippen LogP contribution in [0.2, 0.25) is 0 Å². The number of nitrogens with zero attached hydrogens (tertiary/aromatic N) is 3. The Morgan fingerprint density at radius 1 is 0.545 bits per heavy atom. The van der Waals surface area contributed by atoms with Gasteiger partial charge in [0.15, 0.2) is 0 Å². The SMILES string of the molecule is [2H]C(C)(C)Cc1cccc2c1nc1n(-c3ccc4c(c3)-c3ccccc3-c3ccccc3-c3ccccc3-4)c3ccccc3n21. The summed E-state index contributed by atoms with van der Waals surface area (Å²) in [5.74, 6) is 0.295. The van der Waals surface area contributed by atoms with Gasteiger partial charge in [-0.2, -0.15) is 0 Å². The van der Waals surface area contributed by atoms with Crippen molar-refractivity contribution in [3.05, 3.63) is 139 Å². The largest absolute Gasteiger partial charge is 0.278 e. The Kier molecular flexibility index (Phi) is 5.23. The number of benzene rings is 6. The standard InChI is InChI=1S/C41H31N3/c1-26(2)24-27-12-11-21-39-40(27)42-41-43(37-19-9-10-20-38(37)44(39)41)28-22-23-35-33-17-6-5-15-31(33)29-13-3-4-14-30(29)32-16-7-8-18-34(32)36(35)25-28/h3-23,25-26H,24H2,1-2H3/i26D. The maximum Gasteiger partial charge on any atom is 0.220 e. The van der Waals surface area contributed by atoms with Crippen molar-refractivity contribution in [1.82, 2.24) is 14.0 Å². The summed E-state index contributed by atoms with van der Waals surface area (Å²) < 4.78 is 13.2. The van der Waals surface area contributed by atoms with Crippen LogP contribution in [0.3, 0.4) is 0 Å². The van der Waals surface area contributed by atoms with Crippen LogP contribution in [0.1, 0.15) is 20.8 Å². The summed E-state index contributed by atoms with van der Waals surface area (Å²) in [6, 6.07) is 48.1. The molecule has 44 heavy (non-hydrogen) atoms. The molecular weight excluding hydrogens is 534 g/mol. The molecule has 8 aromatic rings. The third kappa shape index (κ3) is 3.59. The predicted octanol–water partition coefficient (Wildman–Crippen LogP) is 10.6. The van der Waals surface area contributed by atoms with E-state index in [9.17, 15) is 0 Å². The van der Waals surface area contributed by atoms with Gasteiger partial charge in [-0.15, -0.1) is 0 Å². The molecule has 0 unspecified atom stereocenters. The second-order valence-corrected chi connectivity index (χ2v) is 12.1. The van der Waals surface area contributed by atoms with Gasteiger partial charge in [-0.05, 0) is 92.7 Å². The molecule has 0 saturated heterocycles. The zero-order chi connectivity index (χ0) is 30.3. The van der Waals surface area contributed by atoms with E-state index in [1.807, 2.05) is 13.8 Å². The highest BCUT2D eigenvalue weighted by Gasteiger charge is 2.24. The number of hydrogen-bond donors (Lipinski definition) is 0. The van der Waals surface area contributed by atoms with Crippen LogP contribution >= 0.6 is 0 Å². The monoisotopic (exact) mass is 566 g/mol. The zero-order valence-corrected chi connectivity index (χ0v) is 24.8. The third-order valence-electron chi connectivity index (χ3n) is 9.06. The highest BCUT2D eigenvalue weighted by molar-refractivity contribution is 6.03. The predicted molar refractivity (Wildman–Crippen MR) is 183 cm³/mol. The van der Waals surface area contributed by atoms with Crippen LogP contribution in [0.15, 0.2) is 133 Å². The number of rotatable bonds is 3. The summed E-state index contributed by atoms with van der Waals surface area (Å²) in [6.07, 6.45) is 0.638. The lowest BCUT2D eigenvalue weighted by Gasteiger charge is -2.23. The van der Waals surface area contributed by atoms with Gasteiger partial charge < -0.3 is 0 Å². The van der Waals surface area contributed by atoms with Gasteiger partial charge in [0, 0.05) is 7.06 Å². The summed E-state index contributed by atoms with van der Waals surface area (Å²) in [4.78, 5) is 5.31. The van der Waals surface area contributed by atoms with Crippen molar-refractivity contribution >= 4 is 27.8 Å². The van der Waals surface area contributed by atoms with Gasteiger partial charge in [0.2, 0.25) is 5.78 Å². The minimum atomic E-state index is -0.585. The van der Waals surface area contributed by atoms with Crippen LogP contribution in [-0.2, 0) is 6.42 Å². The highest BCUT2D eigenvalue weighted by atomic mass is 15.2. The fourth-order valence-electron chi connectivity index (χ4n) is 7.25. The van der Waals surface area contributed by atoms with E-state index in [1.54, 1.807) is 0 Å². The third-order valence-corrected chi connectivity index (χ3v) is 9.06. The van der Waals surface area contributed by atoms with Crippen LogP contribution in [0, 0.1) is 5.89 Å². The van der Waals surface area contributed by atoms with Gasteiger partial charge in [-0.3, -0.25) is 8.97 Å². The molecule has 0 aliphatic heterocycles. The molecule has 6 aromatic carbocycles. The zero-order valence-electron chi connectivity index (χ0n) is 25.8. The van der Waals surface area contributed by atoms with E-state index in [1.165, 1.54) is 44.5 Å². The normalized spacial score (nSPS) is 12.7. The van der Waals surface area contributed by atoms with Gasteiger partial charge in [0.05, 0.1) is 22.1 Å². The second kappa shape index (κ2) is 9.55. The fraction of sp³-hybridized carbons (Fsp3) is 0.0976. The molecule has 9 rings (SSSR count). The molecule has 0 atom stereocenters. The molecule has 0 N–H and O–H groups in total. The molecule has 0 spiro atoms. The summed E-state index contributed by atoms with van der Waals surface area (Å²) in [6.45, 7) is 3.92. The van der Waals surface area contributed by atoms with Gasteiger partial charge >= 0.3 is 0 Å². The first-order valence-electron chi connectivity index (χ1n) is 15.8. The van der Waals surface area contributed by atoms with Crippen LogP contribution in [0.5, 0.6) is 0 Å². The van der Waals surface area contributed by atoms with Gasteiger partial charge in [0.1, 0.15) is 0 Å². The van der Waals surface area contributed by atoms with Crippen molar-refractivity contribution in [1.29, 1.82) is 0 Å². The van der Waals surface area contributed by atoms with E-state index in [2.05, 4.69) is 142 Å². The molecule has 0 radical (unpaired) electrons. The van der Waals surface area contributed by atoms with Gasteiger partial charge in [0.25, 0.3) is 0 Å². The maximum atomic E-state index is 8.59. The Bertz CT molecular complexity index is 2450. The first kappa shape index (κ1) is 24.1. The van der Waals surface area contributed by atoms with Crippen LogP contribution in [0.25, 0.3) is 78.0 Å². The lowest BCUT2D eigenvalue weighted by atomic mass is 9.81. The molecule has 0 saturated carbocycles. The molecular formula is C41H31N3. The van der Waals surface area contributed by atoms with E-state index in [-0.39, 0.29) is 0 Å². The van der Waals surface area contributed by atoms with Crippen molar-refractivity contribution < 1.29 is 1.37 Å². The van der Waals surface area contributed by atoms with Gasteiger partial charge in [-0.25, -0.2) is 4.98 Å². The van der Waals surface area contributed by atoms with E-state index >= 15 is 0 Å². The van der Waals surface area contributed by atoms with Crippen molar-refractivity contribution in [3.63, 3.8) is 0 Å². The Morgan fingerprint density at radius 2 is 1.05 bits per heavy atom. The Labute approximate surface area is 258 Å². The highest BCUT2D eigenvalue weighted by Crippen LogP contribution is 2.48. The molecule has 210 valence electrons. The smallest absolute Gasteiger partial charge is 0.220 e. The lowest BCUT2D eigenvalue weighted by molar-refractivity contribution is 0.649. The maximum absolute atomic E-state index is 8.59. The average Bonchev–Trinajstić information content (AvgIpc) is 3.59. The number of aromatic nitrogens is 3. The number of fused-ring (bicyclic) bond motifs is 13. The lowest BCUT2D eigenvalue weighted by Crippen LogP contribution is -2.00. The van der Waals surface area contributed by atoms with Crippen molar-refractivity contribution in [2.45, 2.75) is 20.3 Å². The molecule has 1 aliphatic rings. The Balaban J connectivity index is 1.36. The Morgan fingerprint density at radius 3 is 1.64 bits per heavy atom. The molecule has 2 heterocycles.